The Hall–Kier alpha value is -3.20. The van der Waals surface area contributed by atoms with Crippen molar-refractivity contribution >= 4 is 5.91 Å². The molecule has 2 aromatic carbocycles. The fourth-order valence-electron chi connectivity index (χ4n) is 5.43. The summed E-state index contributed by atoms with van der Waals surface area (Å²) in [6.07, 6.45) is 2.13. The molecular weight excluding hydrogens is 466 g/mol. The van der Waals surface area contributed by atoms with E-state index in [2.05, 4.69) is 52.6 Å². The molecule has 0 saturated carbocycles. The van der Waals surface area contributed by atoms with E-state index >= 15 is 0 Å². The lowest BCUT2D eigenvalue weighted by molar-refractivity contribution is 0.0337. The van der Waals surface area contributed by atoms with E-state index in [1.807, 2.05) is 29.2 Å². The maximum absolute atomic E-state index is 13.0. The number of rotatable bonds is 5. The van der Waals surface area contributed by atoms with E-state index < -0.39 is 0 Å². The maximum atomic E-state index is 13.0. The van der Waals surface area contributed by atoms with Gasteiger partial charge in [0.15, 0.2) is 5.82 Å². The number of aromatic nitrogens is 2. The highest BCUT2D eigenvalue weighted by Crippen LogP contribution is 2.34. The van der Waals surface area contributed by atoms with Crippen LogP contribution < -0.4 is 4.74 Å². The zero-order valence-corrected chi connectivity index (χ0v) is 21.7. The van der Waals surface area contributed by atoms with Gasteiger partial charge in [0, 0.05) is 63.6 Å². The molecular formula is C29H35N5O3. The number of carbonyl (C=O) groups is 1. The van der Waals surface area contributed by atoms with E-state index in [-0.39, 0.29) is 5.91 Å². The topological polar surface area (TPSA) is 63.1 Å². The molecule has 8 nitrogen and oxygen atoms in total. The summed E-state index contributed by atoms with van der Waals surface area (Å²) in [5.74, 6) is 1.90. The van der Waals surface area contributed by atoms with Crippen LogP contribution in [0.15, 0.2) is 48.7 Å². The third-order valence-electron chi connectivity index (χ3n) is 7.69. The second-order valence-electron chi connectivity index (χ2n) is 10.4. The van der Waals surface area contributed by atoms with Crippen LogP contribution >= 0.6 is 0 Å². The summed E-state index contributed by atoms with van der Waals surface area (Å²) in [6, 6.07) is 14.8. The van der Waals surface area contributed by atoms with Gasteiger partial charge < -0.3 is 14.4 Å². The van der Waals surface area contributed by atoms with E-state index in [4.69, 9.17) is 14.5 Å². The van der Waals surface area contributed by atoms with Crippen molar-refractivity contribution in [1.82, 2.24) is 24.3 Å². The van der Waals surface area contributed by atoms with Crippen LogP contribution in [0.5, 0.6) is 5.75 Å². The normalized spacial score (nSPS) is 18.4. The lowest BCUT2D eigenvalue weighted by Crippen LogP contribution is -2.50. The fourth-order valence-corrected chi connectivity index (χ4v) is 5.43. The molecule has 0 spiro atoms. The number of carbonyl (C=O) groups excluding carboxylic acids is 1. The zero-order chi connectivity index (χ0) is 25.4. The van der Waals surface area contributed by atoms with E-state index in [9.17, 15) is 4.79 Å². The van der Waals surface area contributed by atoms with Gasteiger partial charge in [-0.15, -0.1) is 0 Å². The molecule has 8 heteroatoms. The van der Waals surface area contributed by atoms with Crippen molar-refractivity contribution in [3.05, 3.63) is 65.7 Å². The van der Waals surface area contributed by atoms with E-state index in [1.54, 1.807) is 0 Å². The maximum Gasteiger partial charge on any atom is 0.253 e. The first-order valence-electron chi connectivity index (χ1n) is 13.3. The summed E-state index contributed by atoms with van der Waals surface area (Å²) in [5.41, 5.74) is 4.95. The lowest BCUT2D eigenvalue weighted by atomic mass is 10.0. The Balaban J connectivity index is 1.15. The van der Waals surface area contributed by atoms with Crippen LogP contribution in [-0.2, 0) is 17.9 Å². The number of nitrogens with zero attached hydrogens (tertiary/aromatic N) is 5. The molecule has 3 aromatic rings. The standard InChI is InChI=1S/C29H35N5O3/c1-21(2)32-9-11-33(12-10-32)29(35)23-5-3-22(4-6-23)24-7-8-26-27(17-24)37-20-28-30-25(19-34(26)28)18-31-13-15-36-16-14-31/h3-8,17,19,21H,9-16,18,20H2,1-2H3. The minimum Gasteiger partial charge on any atom is -0.483 e. The predicted molar refractivity (Wildman–Crippen MR) is 142 cm³/mol. The van der Waals surface area contributed by atoms with Gasteiger partial charge in [0.05, 0.1) is 24.6 Å². The molecule has 3 aliphatic heterocycles. The fraction of sp³-hybridized carbons (Fsp3) is 0.448. The van der Waals surface area contributed by atoms with Crippen molar-refractivity contribution in [2.24, 2.45) is 0 Å². The Bertz CT molecular complexity index is 1260. The summed E-state index contributed by atoms with van der Waals surface area (Å²) >= 11 is 0. The molecule has 3 aliphatic rings. The summed E-state index contributed by atoms with van der Waals surface area (Å²) in [5, 5.41) is 0. The number of hydrogen-bond acceptors (Lipinski definition) is 6. The molecule has 0 N–H and O–H groups in total. The third kappa shape index (κ3) is 5.01. The molecule has 0 unspecified atom stereocenters. The molecule has 0 radical (unpaired) electrons. The Morgan fingerprint density at radius 3 is 2.41 bits per heavy atom. The number of hydrogen-bond donors (Lipinski definition) is 0. The molecule has 0 aliphatic carbocycles. The van der Waals surface area contributed by atoms with Gasteiger partial charge >= 0.3 is 0 Å². The van der Waals surface area contributed by atoms with Gasteiger partial charge in [0.2, 0.25) is 0 Å². The predicted octanol–water partition coefficient (Wildman–Crippen LogP) is 3.43. The quantitative estimate of drug-likeness (QED) is 0.534. The van der Waals surface area contributed by atoms with Crippen molar-refractivity contribution in [3.63, 3.8) is 0 Å². The van der Waals surface area contributed by atoms with Crippen molar-refractivity contribution < 1.29 is 14.3 Å². The number of morpholine rings is 1. The molecule has 37 heavy (non-hydrogen) atoms. The number of fused-ring (bicyclic) bond motifs is 3. The van der Waals surface area contributed by atoms with Crippen molar-refractivity contribution in [3.8, 4) is 22.6 Å². The van der Waals surface area contributed by atoms with E-state index in [1.165, 1.54) is 0 Å². The highest BCUT2D eigenvalue weighted by molar-refractivity contribution is 5.94. The Kier molecular flexibility index (Phi) is 6.71. The SMILES string of the molecule is CC(C)N1CCN(C(=O)c2ccc(-c3ccc4c(c3)OCc3nc(CN5CCOCC5)cn3-4)cc2)CC1. The van der Waals surface area contributed by atoms with Gasteiger partial charge in [-0.1, -0.05) is 18.2 Å². The number of imidazole rings is 1. The summed E-state index contributed by atoms with van der Waals surface area (Å²) in [7, 11) is 0. The van der Waals surface area contributed by atoms with Crippen LogP contribution in [0.25, 0.3) is 16.8 Å². The monoisotopic (exact) mass is 501 g/mol. The minimum atomic E-state index is 0.115. The minimum absolute atomic E-state index is 0.115. The number of benzene rings is 2. The van der Waals surface area contributed by atoms with Crippen LogP contribution in [0, 0.1) is 0 Å². The molecule has 2 saturated heterocycles. The first kappa shape index (κ1) is 24.2. The molecule has 1 amide bonds. The van der Waals surface area contributed by atoms with Crippen molar-refractivity contribution in [1.29, 1.82) is 0 Å². The highest BCUT2D eigenvalue weighted by atomic mass is 16.5. The van der Waals surface area contributed by atoms with Crippen LogP contribution in [0.3, 0.4) is 0 Å². The molecule has 1 aromatic heterocycles. The molecule has 194 valence electrons. The number of amides is 1. The van der Waals surface area contributed by atoms with Gasteiger partial charge in [-0.3, -0.25) is 19.2 Å². The largest absolute Gasteiger partial charge is 0.483 e. The third-order valence-corrected chi connectivity index (χ3v) is 7.69. The Morgan fingerprint density at radius 1 is 0.946 bits per heavy atom. The zero-order valence-electron chi connectivity index (χ0n) is 21.7. The second kappa shape index (κ2) is 10.3. The molecule has 4 heterocycles. The molecule has 2 fully saturated rings. The molecule has 0 atom stereocenters. The average Bonchev–Trinajstić information content (AvgIpc) is 3.36. The van der Waals surface area contributed by atoms with Crippen LogP contribution in [-0.4, -0.2) is 88.7 Å². The lowest BCUT2D eigenvalue weighted by Gasteiger charge is -2.37. The van der Waals surface area contributed by atoms with E-state index in [0.29, 0.717) is 12.6 Å². The van der Waals surface area contributed by atoms with Crippen molar-refractivity contribution in [2.75, 3.05) is 52.5 Å². The van der Waals surface area contributed by atoms with Gasteiger partial charge in [0.1, 0.15) is 12.4 Å². The molecule has 6 rings (SSSR count). The van der Waals surface area contributed by atoms with Crippen LogP contribution in [0.2, 0.25) is 0 Å². The summed E-state index contributed by atoms with van der Waals surface area (Å²) in [4.78, 5) is 24.6. The Morgan fingerprint density at radius 2 is 1.68 bits per heavy atom. The Labute approximate surface area is 218 Å². The first-order valence-corrected chi connectivity index (χ1v) is 13.3. The van der Waals surface area contributed by atoms with Gasteiger partial charge in [-0.25, -0.2) is 4.98 Å². The first-order chi connectivity index (χ1) is 18.0. The van der Waals surface area contributed by atoms with Gasteiger partial charge in [-0.05, 0) is 49.2 Å². The smallest absolute Gasteiger partial charge is 0.253 e. The van der Waals surface area contributed by atoms with Gasteiger partial charge in [0.25, 0.3) is 5.91 Å². The summed E-state index contributed by atoms with van der Waals surface area (Å²) in [6.45, 7) is 12.6. The van der Waals surface area contributed by atoms with Gasteiger partial charge in [-0.2, -0.15) is 0 Å². The second-order valence-corrected chi connectivity index (χ2v) is 10.4. The number of ether oxygens (including phenoxy) is 2. The number of piperazine rings is 1. The average molecular weight is 502 g/mol. The molecule has 0 bridgehead atoms. The highest BCUT2D eigenvalue weighted by Gasteiger charge is 2.24. The van der Waals surface area contributed by atoms with Crippen LogP contribution in [0.4, 0.5) is 0 Å². The summed E-state index contributed by atoms with van der Waals surface area (Å²) < 4.78 is 13.7. The van der Waals surface area contributed by atoms with Crippen LogP contribution in [0.1, 0.15) is 35.7 Å². The van der Waals surface area contributed by atoms with E-state index in [0.717, 1.165) is 98.7 Å². The van der Waals surface area contributed by atoms with Crippen molar-refractivity contribution in [2.45, 2.75) is 33.0 Å².